The van der Waals surface area contributed by atoms with E-state index in [1.165, 1.54) is 38.4 Å². The van der Waals surface area contributed by atoms with Gasteiger partial charge < -0.3 is 9.84 Å². The van der Waals surface area contributed by atoms with Crippen LogP contribution < -0.4 is 4.74 Å². The average Bonchev–Trinajstić information content (AvgIpc) is 2.54. The molecule has 0 amide bonds. The first kappa shape index (κ1) is 16.2. The summed E-state index contributed by atoms with van der Waals surface area (Å²) < 4.78 is 5.42. The van der Waals surface area contributed by atoms with Gasteiger partial charge in [-0.05, 0) is 24.5 Å². The van der Waals surface area contributed by atoms with Crippen LogP contribution in [0.4, 0.5) is 0 Å². The monoisotopic (exact) mass is 301 g/mol. The van der Waals surface area contributed by atoms with Gasteiger partial charge in [0.15, 0.2) is 5.75 Å². The van der Waals surface area contributed by atoms with E-state index in [9.17, 15) is 5.11 Å². The highest BCUT2D eigenvalue weighted by Gasteiger charge is 2.07. The fourth-order valence-electron chi connectivity index (χ4n) is 2.25. The molecule has 118 valence electrons. The van der Waals surface area contributed by atoms with E-state index in [1.807, 2.05) is 0 Å². The Kier molecular flexibility index (Phi) is 6.61. The Balaban J connectivity index is 1.82. The van der Waals surface area contributed by atoms with Crippen molar-refractivity contribution in [1.82, 2.24) is 15.0 Å². The molecule has 5 nitrogen and oxygen atoms in total. The molecule has 0 aliphatic rings. The predicted octanol–water partition coefficient (Wildman–Crippen LogP) is 4.27. The molecule has 0 aromatic carbocycles. The van der Waals surface area contributed by atoms with Gasteiger partial charge >= 0.3 is 0 Å². The van der Waals surface area contributed by atoms with Gasteiger partial charge in [0.2, 0.25) is 5.88 Å². The van der Waals surface area contributed by atoms with E-state index in [1.54, 1.807) is 24.5 Å². The Bertz CT molecular complexity index is 561. The standard InChI is InChI=1S/C17H23N3O2/c1-2-3-4-5-6-7-8-14-11-15(21)17(19-12-14)22-16-9-10-18-13-20-16/h9-13,21H,2-8H2,1H3. The predicted molar refractivity (Wildman–Crippen MR) is 85.1 cm³/mol. The highest BCUT2D eigenvalue weighted by molar-refractivity contribution is 5.36. The summed E-state index contributed by atoms with van der Waals surface area (Å²) in [5.74, 6) is 0.578. The van der Waals surface area contributed by atoms with E-state index < -0.39 is 0 Å². The molecule has 2 rings (SSSR count). The minimum Gasteiger partial charge on any atom is -0.503 e. The van der Waals surface area contributed by atoms with Crippen LogP contribution in [0.1, 0.15) is 51.0 Å². The highest BCUT2D eigenvalue weighted by Crippen LogP contribution is 2.28. The molecule has 1 N–H and O–H groups in total. The maximum atomic E-state index is 9.99. The normalized spacial score (nSPS) is 10.6. The maximum Gasteiger partial charge on any atom is 0.263 e. The zero-order chi connectivity index (χ0) is 15.6. The van der Waals surface area contributed by atoms with Crippen molar-refractivity contribution in [3.63, 3.8) is 0 Å². The molecule has 0 saturated carbocycles. The van der Waals surface area contributed by atoms with Crippen LogP contribution in [0.25, 0.3) is 0 Å². The number of aryl methyl sites for hydroxylation is 1. The summed E-state index contributed by atoms with van der Waals surface area (Å²) >= 11 is 0. The summed E-state index contributed by atoms with van der Waals surface area (Å²) in [6, 6.07) is 3.33. The van der Waals surface area contributed by atoms with Gasteiger partial charge in [0.1, 0.15) is 6.33 Å². The second kappa shape index (κ2) is 8.97. The van der Waals surface area contributed by atoms with E-state index in [0.29, 0.717) is 5.88 Å². The van der Waals surface area contributed by atoms with Crippen molar-refractivity contribution < 1.29 is 9.84 Å². The molecule has 0 unspecified atom stereocenters. The number of ether oxygens (including phenoxy) is 1. The van der Waals surface area contributed by atoms with Crippen LogP contribution in [0.15, 0.2) is 30.9 Å². The molecule has 2 heterocycles. The van der Waals surface area contributed by atoms with E-state index in [0.717, 1.165) is 18.4 Å². The third-order valence-electron chi connectivity index (χ3n) is 3.46. The molecule has 0 fully saturated rings. The number of aromatic nitrogens is 3. The van der Waals surface area contributed by atoms with Crippen LogP contribution in [0.3, 0.4) is 0 Å². The number of unbranched alkanes of at least 4 members (excludes halogenated alkanes) is 5. The zero-order valence-electron chi connectivity index (χ0n) is 13.0. The van der Waals surface area contributed by atoms with Gasteiger partial charge in [-0.3, -0.25) is 0 Å². The summed E-state index contributed by atoms with van der Waals surface area (Å²) in [6.45, 7) is 2.22. The van der Waals surface area contributed by atoms with Crippen LogP contribution in [0.2, 0.25) is 0 Å². The van der Waals surface area contributed by atoms with Gasteiger partial charge in [-0.2, -0.15) is 0 Å². The number of pyridine rings is 1. The summed E-state index contributed by atoms with van der Waals surface area (Å²) in [5.41, 5.74) is 1.03. The van der Waals surface area contributed by atoms with Crippen molar-refractivity contribution in [3.8, 4) is 17.5 Å². The highest BCUT2D eigenvalue weighted by atomic mass is 16.5. The first-order valence-electron chi connectivity index (χ1n) is 7.91. The van der Waals surface area contributed by atoms with Gasteiger partial charge in [0.25, 0.3) is 5.88 Å². The van der Waals surface area contributed by atoms with Gasteiger partial charge in [-0.15, -0.1) is 0 Å². The molecule has 0 aliphatic carbocycles. The van der Waals surface area contributed by atoms with Crippen LogP contribution in [-0.4, -0.2) is 20.1 Å². The van der Waals surface area contributed by atoms with Gasteiger partial charge in [-0.1, -0.05) is 39.0 Å². The maximum absolute atomic E-state index is 9.99. The lowest BCUT2D eigenvalue weighted by atomic mass is 10.1. The minimum atomic E-state index is 0.0436. The van der Waals surface area contributed by atoms with Crippen molar-refractivity contribution >= 4 is 0 Å². The van der Waals surface area contributed by atoms with Crippen LogP contribution in [-0.2, 0) is 6.42 Å². The second-order valence-electron chi connectivity index (χ2n) is 5.34. The van der Waals surface area contributed by atoms with E-state index in [-0.39, 0.29) is 11.6 Å². The molecule has 0 bridgehead atoms. The van der Waals surface area contributed by atoms with Crippen molar-refractivity contribution in [2.24, 2.45) is 0 Å². The molecule has 0 atom stereocenters. The molecular weight excluding hydrogens is 278 g/mol. The lowest BCUT2D eigenvalue weighted by Crippen LogP contribution is -1.94. The fraction of sp³-hybridized carbons (Fsp3) is 0.471. The number of hydrogen-bond acceptors (Lipinski definition) is 5. The summed E-state index contributed by atoms with van der Waals surface area (Å²) in [6.07, 6.45) is 13.2. The van der Waals surface area contributed by atoms with Crippen molar-refractivity contribution in [2.45, 2.75) is 51.9 Å². The fourth-order valence-corrected chi connectivity index (χ4v) is 2.25. The van der Waals surface area contributed by atoms with E-state index in [4.69, 9.17) is 4.74 Å². The smallest absolute Gasteiger partial charge is 0.263 e. The Morgan fingerprint density at radius 3 is 2.64 bits per heavy atom. The largest absolute Gasteiger partial charge is 0.503 e. The van der Waals surface area contributed by atoms with Crippen LogP contribution >= 0.6 is 0 Å². The quantitative estimate of drug-likeness (QED) is 0.700. The summed E-state index contributed by atoms with van der Waals surface area (Å²) in [4.78, 5) is 11.9. The van der Waals surface area contributed by atoms with Crippen molar-refractivity contribution in [2.75, 3.05) is 0 Å². The first-order valence-corrected chi connectivity index (χ1v) is 7.91. The van der Waals surface area contributed by atoms with Crippen molar-refractivity contribution in [1.29, 1.82) is 0 Å². The molecule has 0 spiro atoms. The Labute approximate surface area is 131 Å². The SMILES string of the molecule is CCCCCCCCc1cnc(Oc2ccncn2)c(O)c1. The number of rotatable bonds is 9. The first-order chi connectivity index (χ1) is 10.8. The van der Waals surface area contributed by atoms with Gasteiger partial charge in [0.05, 0.1) is 0 Å². The molecular formula is C17H23N3O2. The van der Waals surface area contributed by atoms with Crippen molar-refractivity contribution in [3.05, 3.63) is 36.4 Å². The topological polar surface area (TPSA) is 68.1 Å². The number of aromatic hydroxyl groups is 1. The van der Waals surface area contributed by atoms with Crippen LogP contribution in [0, 0.1) is 0 Å². The molecule has 22 heavy (non-hydrogen) atoms. The van der Waals surface area contributed by atoms with E-state index in [2.05, 4.69) is 21.9 Å². The Morgan fingerprint density at radius 2 is 1.91 bits per heavy atom. The lowest BCUT2D eigenvalue weighted by Gasteiger charge is -2.07. The zero-order valence-corrected chi connectivity index (χ0v) is 13.0. The van der Waals surface area contributed by atoms with E-state index >= 15 is 0 Å². The molecule has 2 aromatic rings. The molecule has 0 saturated heterocycles. The number of hydrogen-bond donors (Lipinski definition) is 1. The van der Waals surface area contributed by atoms with Crippen LogP contribution in [0.5, 0.6) is 17.5 Å². The number of nitrogens with zero attached hydrogens (tertiary/aromatic N) is 3. The Morgan fingerprint density at radius 1 is 1.09 bits per heavy atom. The van der Waals surface area contributed by atoms with Gasteiger partial charge in [0, 0.05) is 18.5 Å². The summed E-state index contributed by atoms with van der Waals surface area (Å²) in [5, 5.41) is 9.99. The minimum absolute atomic E-state index is 0.0436. The molecule has 2 aromatic heterocycles. The average molecular weight is 301 g/mol. The summed E-state index contributed by atoms with van der Waals surface area (Å²) in [7, 11) is 0. The molecule has 0 radical (unpaired) electrons. The Hall–Kier alpha value is -2.17. The third kappa shape index (κ3) is 5.31. The second-order valence-corrected chi connectivity index (χ2v) is 5.34. The lowest BCUT2D eigenvalue weighted by molar-refractivity contribution is 0.387. The molecule has 0 aliphatic heterocycles. The third-order valence-corrected chi connectivity index (χ3v) is 3.46. The van der Waals surface area contributed by atoms with Gasteiger partial charge in [-0.25, -0.2) is 15.0 Å². The molecule has 5 heteroatoms.